The van der Waals surface area contributed by atoms with E-state index < -0.39 is 5.60 Å². The van der Waals surface area contributed by atoms with Crippen molar-refractivity contribution in [3.63, 3.8) is 0 Å². The van der Waals surface area contributed by atoms with E-state index in [4.69, 9.17) is 0 Å². The Morgan fingerprint density at radius 2 is 1.90 bits per heavy atom. The summed E-state index contributed by atoms with van der Waals surface area (Å²) >= 11 is 0. The number of hydrogen-bond acceptors (Lipinski definition) is 3. The van der Waals surface area contributed by atoms with E-state index in [1.54, 1.807) is 0 Å². The van der Waals surface area contributed by atoms with Gasteiger partial charge in [-0.1, -0.05) is 19.3 Å². The Labute approximate surface area is 128 Å². The molecule has 0 saturated heterocycles. The molecule has 3 N–H and O–H groups in total. The number of rotatable bonds is 7. The van der Waals surface area contributed by atoms with Crippen molar-refractivity contribution in [2.45, 2.75) is 76.5 Å². The summed E-state index contributed by atoms with van der Waals surface area (Å²) in [5, 5.41) is 16.1. The Morgan fingerprint density at radius 3 is 2.48 bits per heavy atom. The lowest BCUT2D eigenvalue weighted by Crippen LogP contribution is -2.48. The van der Waals surface area contributed by atoms with Gasteiger partial charge >= 0.3 is 6.03 Å². The summed E-state index contributed by atoms with van der Waals surface area (Å²) in [4.78, 5) is 14.3. The molecule has 2 aliphatic rings. The van der Waals surface area contributed by atoms with Gasteiger partial charge < -0.3 is 15.7 Å². The van der Waals surface area contributed by atoms with Crippen LogP contribution in [0.25, 0.3) is 0 Å². The van der Waals surface area contributed by atoms with E-state index in [0.29, 0.717) is 19.1 Å². The third-order valence-corrected chi connectivity index (χ3v) is 4.70. The molecular formula is C16H31N3O2. The molecule has 5 nitrogen and oxygen atoms in total. The number of hydrogen-bond donors (Lipinski definition) is 3. The summed E-state index contributed by atoms with van der Waals surface area (Å²) < 4.78 is 0. The van der Waals surface area contributed by atoms with Crippen molar-refractivity contribution in [3.05, 3.63) is 0 Å². The maximum atomic E-state index is 11.8. The van der Waals surface area contributed by atoms with Crippen LogP contribution >= 0.6 is 0 Å². The Balaban J connectivity index is 1.60. The number of amides is 2. The second-order valence-corrected chi connectivity index (χ2v) is 6.96. The highest BCUT2D eigenvalue weighted by Crippen LogP contribution is 2.28. The molecule has 122 valence electrons. The van der Waals surface area contributed by atoms with Gasteiger partial charge in [0.05, 0.1) is 5.60 Å². The Hall–Kier alpha value is -0.810. The molecule has 0 spiro atoms. The molecule has 5 heteroatoms. The summed E-state index contributed by atoms with van der Waals surface area (Å²) in [6.45, 7) is 6.35. The van der Waals surface area contributed by atoms with Gasteiger partial charge in [0, 0.05) is 31.7 Å². The predicted octanol–water partition coefficient (Wildman–Crippen LogP) is 1.85. The summed E-state index contributed by atoms with van der Waals surface area (Å²) in [6.07, 6.45) is 7.50. The average molecular weight is 297 g/mol. The SMILES string of the molecule is CC(C)N(CCNC(=O)NCC1(O)CCCCC1)C1CC1. The lowest BCUT2D eigenvalue weighted by molar-refractivity contribution is 0.00718. The lowest BCUT2D eigenvalue weighted by Gasteiger charge is -2.32. The molecule has 0 atom stereocenters. The molecule has 0 radical (unpaired) electrons. The number of nitrogens with one attached hydrogen (secondary N) is 2. The van der Waals surface area contributed by atoms with Crippen molar-refractivity contribution in [1.29, 1.82) is 0 Å². The lowest BCUT2D eigenvalue weighted by atomic mass is 9.85. The summed E-state index contributed by atoms with van der Waals surface area (Å²) in [6, 6.07) is 1.09. The maximum Gasteiger partial charge on any atom is 0.314 e. The fourth-order valence-electron chi connectivity index (χ4n) is 3.26. The monoisotopic (exact) mass is 297 g/mol. The Bertz CT molecular complexity index is 334. The van der Waals surface area contributed by atoms with Gasteiger partial charge in [0.1, 0.15) is 0 Å². The fourth-order valence-corrected chi connectivity index (χ4v) is 3.26. The van der Waals surface area contributed by atoms with E-state index in [1.165, 1.54) is 19.3 Å². The van der Waals surface area contributed by atoms with Crippen LogP contribution < -0.4 is 10.6 Å². The van der Waals surface area contributed by atoms with Gasteiger partial charge in [-0.15, -0.1) is 0 Å². The zero-order valence-electron chi connectivity index (χ0n) is 13.5. The van der Waals surface area contributed by atoms with Crippen molar-refractivity contribution in [2.75, 3.05) is 19.6 Å². The van der Waals surface area contributed by atoms with Crippen LogP contribution in [0.3, 0.4) is 0 Å². The molecule has 0 heterocycles. The minimum Gasteiger partial charge on any atom is -0.388 e. The zero-order valence-corrected chi connectivity index (χ0v) is 13.5. The van der Waals surface area contributed by atoms with Crippen LogP contribution in [0.15, 0.2) is 0 Å². The van der Waals surface area contributed by atoms with Gasteiger partial charge in [0.2, 0.25) is 0 Å². The highest BCUT2D eigenvalue weighted by molar-refractivity contribution is 5.73. The smallest absolute Gasteiger partial charge is 0.314 e. The molecule has 2 saturated carbocycles. The quantitative estimate of drug-likeness (QED) is 0.672. The topological polar surface area (TPSA) is 64.6 Å². The highest BCUT2D eigenvalue weighted by Gasteiger charge is 2.31. The van der Waals surface area contributed by atoms with Gasteiger partial charge in [-0.3, -0.25) is 4.90 Å². The van der Waals surface area contributed by atoms with Crippen LogP contribution in [-0.2, 0) is 0 Å². The second kappa shape index (κ2) is 7.45. The first-order valence-electron chi connectivity index (χ1n) is 8.50. The summed E-state index contributed by atoms with van der Waals surface area (Å²) in [5.41, 5.74) is -0.687. The summed E-state index contributed by atoms with van der Waals surface area (Å²) in [5.74, 6) is 0. The molecule has 0 aromatic heterocycles. The van der Waals surface area contributed by atoms with Crippen molar-refractivity contribution < 1.29 is 9.90 Å². The van der Waals surface area contributed by atoms with E-state index in [9.17, 15) is 9.90 Å². The normalized spacial score (nSPS) is 21.6. The molecule has 0 aromatic rings. The predicted molar refractivity (Wildman–Crippen MR) is 84.3 cm³/mol. The van der Waals surface area contributed by atoms with E-state index in [1.807, 2.05) is 0 Å². The molecule has 0 aliphatic heterocycles. The standard InChI is InChI=1S/C16H31N3O2/c1-13(2)19(14-6-7-14)11-10-17-15(20)18-12-16(21)8-4-3-5-9-16/h13-14,21H,3-12H2,1-2H3,(H2,17,18,20). The van der Waals surface area contributed by atoms with Crippen LogP contribution in [0.2, 0.25) is 0 Å². The molecule has 21 heavy (non-hydrogen) atoms. The molecule has 2 aliphatic carbocycles. The first-order chi connectivity index (χ1) is 10.0. The molecule has 2 fully saturated rings. The third-order valence-electron chi connectivity index (χ3n) is 4.70. The first-order valence-corrected chi connectivity index (χ1v) is 8.50. The second-order valence-electron chi connectivity index (χ2n) is 6.96. The molecular weight excluding hydrogens is 266 g/mol. The van der Waals surface area contributed by atoms with Crippen LogP contribution in [-0.4, -0.2) is 53.4 Å². The number of carbonyl (C=O) groups is 1. The van der Waals surface area contributed by atoms with Crippen LogP contribution in [0.5, 0.6) is 0 Å². The molecule has 0 unspecified atom stereocenters. The molecule has 2 rings (SSSR count). The molecule has 2 amide bonds. The average Bonchev–Trinajstić information content (AvgIpc) is 3.26. The first kappa shape index (κ1) is 16.6. The minimum absolute atomic E-state index is 0.159. The van der Waals surface area contributed by atoms with Crippen molar-refractivity contribution in [3.8, 4) is 0 Å². The largest absolute Gasteiger partial charge is 0.388 e. The van der Waals surface area contributed by atoms with E-state index >= 15 is 0 Å². The Morgan fingerprint density at radius 1 is 1.24 bits per heavy atom. The van der Waals surface area contributed by atoms with Crippen LogP contribution in [0.4, 0.5) is 4.79 Å². The Kier molecular flexibility index (Phi) is 5.88. The molecule has 0 aromatic carbocycles. The maximum absolute atomic E-state index is 11.8. The van der Waals surface area contributed by atoms with E-state index in [0.717, 1.165) is 38.3 Å². The third kappa shape index (κ3) is 5.47. The van der Waals surface area contributed by atoms with Gasteiger partial charge in [0.25, 0.3) is 0 Å². The fraction of sp³-hybridized carbons (Fsp3) is 0.938. The zero-order chi connectivity index (χ0) is 15.3. The van der Waals surface area contributed by atoms with E-state index in [-0.39, 0.29) is 6.03 Å². The van der Waals surface area contributed by atoms with Crippen LogP contribution in [0, 0.1) is 0 Å². The number of urea groups is 1. The number of nitrogens with zero attached hydrogens (tertiary/aromatic N) is 1. The van der Waals surface area contributed by atoms with Crippen molar-refractivity contribution in [1.82, 2.24) is 15.5 Å². The van der Waals surface area contributed by atoms with Crippen molar-refractivity contribution >= 4 is 6.03 Å². The van der Waals surface area contributed by atoms with Gasteiger partial charge in [-0.2, -0.15) is 0 Å². The van der Waals surface area contributed by atoms with Gasteiger partial charge in [-0.25, -0.2) is 4.79 Å². The minimum atomic E-state index is -0.687. The van der Waals surface area contributed by atoms with Gasteiger partial charge in [-0.05, 0) is 39.5 Å². The van der Waals surface area contributed by atoms with Crippen molar-refractivity contribution in [2.24, 2.45) is 0 Å². The highest BCUT2D eigenvalue weighted by atomic mass is 16.3. The van der Waals surface area contributed by atoms with Crippen LogP contribution in [0.1, 0.15) is 58.8 Å². The number of aliphatic hydroxyl groups is 1. The molecule has 0 bridgehead atoms. The summed E-state index contributed by atoms with van der Waals surface area (Å²) in [7, 11) is 0. The number of carbonyl (C=O) groups excluding carboxylic acids is 1. The van der Waals surface area contributed by atoms with E-state index in [2.05, 4.69) is 29.4 Å². The van der Waals surface area contributed by atoms with Gasteiger partial charge in [0.15, 0.2) is 0 Å².